The smallest absolute Gasteiger partial charge is 0.256 e. The van der Waals surface area contributed by atoms with Gasteiger partial charge < -0.3 is 10.2 Å². The predicted molar refractivity (Wildman–Crippen MR) is 124 cm³/mol. The number of amides is 2. The van der Waals surface area contributed by atoms with E-state index in [4.69, 9.17) is 4.98 Å². The average Bonchev–Trinajstić information content (AvgIpc) is 2.78. The molecule has 2 aromatic heterocycles. The van der Waals surface area contributed by atoms with Crippen LogP contribution in [0.5, 0.6) is 0 Å². The van der Waals surface area contributed by atoms with Gasteiger partial charge in [0.05, 0.1) is 16.8 Å². The lowest BCUT2D eigenvalue weighted by Crippen LogP contribution is -2.21. The van der Waals surface area contributed by atoms with Crippen LogP contribution < -0.4 is 5.32 Å². The number of hydrogen-bond acceptors (Lipinski definition) is 4. The van der Waals surface area contributed by atoms with Gasteiger partial charge in [-0.3, -0.25) is 14.6 Å². The number of carbonyl (C=O) groups excluding carboxylic acids is 2. The van der Waals surface area contributed by atoms with Crippen LogP contribution in [-0.4, -0.2) is 40.8 Å². The van der Waals surface area contributed by atoms with Crippen molar-refractivity contribution < 1.29 is 9.59 Å². The van der Waals surface area contributed by atoms with Crippen LogP contribution in [0.15, 0.2) is 79.1 Å². The normalized spacial score (nSPS) is 10.3. The molecule has 2 aromatic carbocycles. The molecule has 0 bridgehead atoms. The van der Waals surface area contributed by atoms with E-state index in [9.17, 15) is 9.59 Å². The number of carbonyl (C=O) groups is 2. The summed E-state index contributed by atoms with van der Waals surface area (Å²) < 4.78 is 0. The standard InChI is InChI=1S/C24H20N4O2.CH4/c1-28(2)24(30)17-7-9-18(10-8-17)26-23(29)20-15-22(16-11-13-25-14-12-16)27-21-6-4-3-5-19(20)21;/h3-15H,1-2H3,(H,26,29);1H4. The number of fused-ring (bicyclic) bond motifs is 1. The lowest BCUT2D eigenvalue weighted by atomic mass is 10.0. The predicted octanol–water partition coefficient (Wildman–Crippen LogP) is 4.89. The summed E-state index contributed by atoms with van der Waals surface area (Å²) in [5, 5.41) is 3.69. The highest BCUT2D eigenvalue weighted by molar-refractivity contribution is 6.13. The van der Waals surface area contributed by atoms with Crippen molar-refractivity contribution in [1.29, 1.82) is 0 Å². The Balaban J connectivity index is 0.00000272. The largest absolute Gasteiger partial charge is 0.345 e. The molecule has 0 saturated heterocycles. The molecule has 1 N–H and O–H groups in total. The average molecular weight is 412 g/mol. The van der Waals surface area contributed by atoms with Crippen LogP contribution >= 0.6 is 0 Å². The second-order valence-electron chi connectivity index (χ2n) is 7.04. The minimum Gasteiger partial charge on any atom is -0.345 e. The fourth-order valence-electron chi connectivity index (χ4n) is 3.19. The van der Waals surface area contributed by atoms with Crippen molar-refractivity contribution in [3.63, 3.8) is 0 Å². The Morgan fingerprint density at radius 3 is 2.26 bits per heavy atom. The first-order valence-electron chi connectivity index (χ1n) is 9.46. The Kier molecular flexibility index (Phi) is 6.40. The molecule has 6 nitrogen and oxygen atoms in total. The number of rotatable bonds is 4. The van der Waals surface area contributed by atoms with Gasteiger partial charge in [0.1, 0.15) is 0 Å². The summed E-state index contributed by atoms with van der Waals surface area (Å²) in [5.41, 5.74) is 4.03. The summed E-state index contributed by atoms with van der Waals surface area (Å²) in [6.45, 7) is 0. The van der Waals surface area contributed by atoms with E-state index in [2.05, 4.69) is 10.3 Å². The summed E-state index contributed by atoms with van der Waals surface area (Å²) in [5.74, 6) is -0.328. The summed E-state index contributed by atoms with van der Waals surface area (Å²) in [7, 11) is 3.40. The van der Waals surface area contributed by atoms with Gasteiger partial charge in [-0.1, -0.05) is 25.6 Å². The van der Waals surface area contributed by atoms with Gasteiger partial charge in [0.2, 0.25) is 0 Å². The Hall–Kier alpha value is -4.06. The highest BCUT2D eigenvalue weighted by Crippen LogP contribution is 2.25. The Labute approximate surface area is 181 Å². The zero-order valence-corrected chi connectivity index (χ0v) is 16.7. The number of benzene rings is 2. The maximum atomic E-state index is 13.1. The second-order valence-corrected chi connectivity index (χ2v) is 7.04. The first-order chi connectivity index (χ1) is 14.5. The molecular weight excluding hydrogens is 388 g/mol. The molecule has 2 heterocycles. The fourth-order valence-corrected chi connectivity index (χ4v) is 3.19. The van der Waals surface area contributed by atoms with Gasteiger partial charge in [-0.15, -0.1) is 0 Å². The molecule has 0 radical (unpaired) electrons. The Bertz CT molecular complexity index is 1220. The third-order valence-corrected chi connectivity index (χ3v) is 4.73. The third kappa shape index (κ3) is 4.59. The first-order valence-corrected chi connectivity index (χ1v) is 9.46. The van der Waals surface area contributed by atoms with E-state index in [1.807, 2.05) is 36.4 Å². The van der Waals surface area contributed by atoms with Crippen molar-refractivity contribution in [2.75, 3.05) is 19.4 Å². The highest BCUT2D eigenvalue weighted by Gasteiger charge is 2.15. The molecule has 4 aromatic rings. The topological polar surface area (TPSA) is 75.2 Å². The molecule has 0 unspecified atom stereocenters. The van der Waals surface area contributed by atoms with Crippen molar-refractivity contribution in [2.45, 2.75) is 7.43 Å². The molecule has 0 aliphatic carbocycles. The maximum absolute atomic E-state index is 13.1. The van der Waals surface area contributed by atoms with Crippen molar-refractivity contribution in [3.8, 4) is 11.3 Å². The maximum Gasteiger partial charge on any atom is 0.256 e. The van der Waals surface area contributed by atoms with E-state index in [-0.39, 0.29) is 19.2 Å². The Morgan fingerprint density at radius 2 is 1.58 bits per heavy atom. The second kappa shape index (κ2) is 9.17. The molecule has 0 saturated carbocycles. The number of nitrogens with zero attached hydrogens (tertiary/aromatic N) is 3. The molecule has 0 spiro atoms. The zero-order chi connectivity index (χ0) is 21.1. The molecule has 31 heavy (non-hydrogen) atoms. The monoisotopic (exact) mass is 412 g/mol. The quantitative estimate of drug-likeness (QED) is 0.518. The van der Waals surface area contributed by atoms with E-state index in [0.29, 0.717) is 22.5 Å². The van der Waals surface area contributed by atoms with E-state index >= 15 is 0 Å². The van der Waals surface area contributed by atoms with E-state index in [1.165, 1.54) is 4.90 Å². The molecule has 2 amide bonds. The number of pyridine rings is 2. The molecule has 156 valence electrons. The number of nitrogens with one attached hydrogen (secondary N) is 1. The molecular formula is C25H24N4O2. The third-order valence-electron chi connectivity index (χ3n) is 4.73. The van der Waals surface area contributed by atoms with Gasteiger partial charge in [0, 0.05) is 48.7 Å². The fraction of sp³-hybridized carbons (Fsp3) is 0.120. The number of anilines is 1. The first kappa shape index (κ1) is 21.6. The number of aromatic nitrogens is 2. The van der Waals surface area contributed by atoms with E-state index in [0.717, 1.165) is 16.5 Å². The van der Waals surface area contributed by atoms with E-state index < -0.39 is 0 Å². The number of para-hydroxylation sites is 1. The zero-order valence-electron chi connectivity index (χ0n) is 16.7. The summed E-state index contributed by atoms with van der Waals surface area (Å²) in [4.78, 5) is 35.4. The van der Waals surface area contributed by atoms with Crippen LogP contribution in [0.4, 0.5) is 5.69 Å². The van der Waals surface area contributed by atoms with Crippen LogP contribution in [-0.2, 0) is 0 Å². The van der Waals surface area contributed by atoms with Gasteiger partial charge >= 0.3 is 0 Å². The van der Waals surface area contributed by atoms with Gasteiger partial charge in [0.25, 0.3) is 11.8 Å². The molecule has 0 atom stereocenters. The highest BCUT2D eigenvalue weighted by atomic mass is 16.2. The van der Waals surface area contributed by atoms with Crippen molar-refractivity contribution in [2.24, 2.45) is 0 Å². The van der Waals surface area contributed by atoms with Crippen molar-refractivity contribution in [1.82, 2.24) is 14.9 Å². The van der Waals surface area contributed by atoms with Crippen LogP contribution in [0.2, 0.25) is 0 Å². The lowest BCUT2D eigenvalue weighted by molar-refractivity contribution is 0.0827. The molecule has 4 rings (SSSR count). The molecule has 0 fully saturated rings. The summed E-state index contributed by atoms with van der Waals surface area (Å²) >= 11 is 0. The molecule has 6 heteroatoms. The van der Waals surface area contributed by atoms with Crippen LogP contribution in [0.1, 0.15) is 28.1 Å². The minimum absolute atomic E-state index is 0. The molecule has 0 aliphatic rings. The summed E-state index contributed by atoms with van der Waals surface area (Å²) in [6.07, 6.45) is 3.39. The van der Waals surface area contributed by atoms with Crippen LogP contribution in [0.25, 0.3) is 22.2 Å². The van der Waals surface area contributed by atoms with Crippen LogP contribution in [0.3, 0.4) is 0 Å². The lowest BCUT2D eigenvalue weighted by Gasteiger charge is -2.12. The van der Waals surface area contributed by atoms with Gasteiger partial charge in [-0.2, -0.15) is 0 Å². The minimum atomic E-state index is -0.240. The Morgan fingerprint density at radius 1 is 0.903 bits per heavy atom. The van der Waals surface area contributed by atoms with Gasteiger partial charge in [-0.05, 0) is 48.5 Å². The molecule has 0 aliphatic heterocycles. The van der Waals surface area contributed by atoms with Gasteiger partial charge in [0.15, 0.2) is 0 Å². The van der Waals surface area contributed by atoms with Crippen LogP contribution in [0, 0.1) is 0 Å². The SMILES string of the molecule is C.CN(C)C(=O)c1ccc(NC(=O)c2cc(-c3ccncc3)nc3ccccc23)cc1. The van der Waals surface area contributed by atoms with Gasteiger partial charge in [-0.25, -0.2) is 4.98 Å². The van der Waals surface area contributed by atoms with E-state index in [1.54, 1.807) is 56.8 Å². The van der Waals surface area contributed by atoms with Crippen molar-refractivity contribution in [3.05, 3.63) is 90.3 Å². The number of hydrogen-bond donors (Lipinski definition) is 1. The van der Waals surface area contributed by atoms with Crippen molar-refractivity contribution >= 4 is 28.4 Å². The summed E-state index contributed by atoms with van der Waals surface area (Å²) in [6, 6.07) is 19.9.